The van der Waals surface area contributed by atoms with Crippen molar-refractivity contribution in [1.82, 2.24) is 4.98 Å². The molecule has 25 heavy (non-hydrogen) atoms. The van der Waals surface area contributed by atoms with Crippen LogP contribution in [0.3, 0.4) is 0 Å². The van der Waals surface area contributed by atoms with Gasteiger partial charge < -0.3 is 9.84 Å². The summed E-state index contributed by atoms with van der Waals surface area (Å²) in [5.41, 5.74) is 1.13. The van der Waals surface area contributed by atoms with Gasteiger partial charge in [0.1, 0.15) is 5.75 Å². The summed E-state index contributed by atoms with van der Waals surface area (Å²) in [6, 6.07) is 20.7. The highest BCUT2D eigenvalue weighted by molar-refractivity contribution is 6.30. The van der Waals surface area contributed by atoms with Gasteiger partial charge in [-0.05, 0) is 42.8 Å². The first kappa shape index (κ1) is 17.5. The van der Waals surface area contributed by atoms with Crippen molar-refractivity contribution >= 4 is 11.6 Å². The first-order chi connectivity index (χ1) is 12.0. The van der Waals surface area contributed by atoms with E-state index in [0.717, 1.165) is 16.8 Å². The van der Waals surface area contributed by atoms with E-state index in [2.05, 4.69) is 4.98 Å². The second kappa shape index (κ2) is 7.26. The van der Waals surface area contributed by atoms with Gasteiger partial charge in [0.05, 0.1) is 24.3 Å². The molecule has 0 aliphatic heterocycles. The van der Waals surface area contributed by atoms with Crippen LogP contribution in [0.5, 0.6) is 5.75 Å². The molecule has 1 aromatic heterocycles. The first-order valence-electron chi connectivity index (χ1n) is 8.06. The maximum Gasteiger partial charge on any atom is 0.122 e. The Morgan fingerprint density at radius 1 is 1.04 bits per heavy atom. The number of benzene rings is 2. The number of para-hydroxylation sites is 1. The van der Waals surface area contributed by atoms with Crippen molar-refractivity contribution in [2.24, 2.45) is 0 Å². The van der Waals surface area contributed by atoms with Gasteiger partial charge in [-0.25, -0.2) is 0 Å². The SMILES string of the molecule is COc1ccccc1[C@@H](c1ccccn1)[C@@](C)(O)c1cccc(Cl)c1. The normalized spacial score (nSPS) is 14.6. The maximum absolute atomic E-state index is 11.5. The van der Waals surface area contributed by atoms with E-state index < -0.39 is 11.5 Å². The molecule has 3 rings (SSSR count). The number of pyridine rings is 1. The predicted octanol–water partition coefficient (Wildman–Crippen LogP) is 4.78. The standard InChI is InChI=1S/C21H20ClNO2/c1-21(24,15-8-7-9-16(22)14-15)20(18-11-5-6-13-23-18)17-10-3-4-12-19(17)25-2/h3-14,20,24H,1-2H3/t20-,21-/m0/s1. The van der Waals surface area contributed by atoms with E-state index in [9.17, 15) is 5.11 Å². The number of aromatic nitrogens is 1. The van der Waals surface area contributed by atoms with E-state index in [0.29, 0.717) is 10.8 Å². The lowest BCUT2D eigenvalue weighted by atomic mass is 9.76. The Kier molecular flexibility index (Phi) is 5.07. The molecule has 1 N–H and O–H groups in total. The van der Waals surface area contributed by atoms with E-state index in [1.165, 1.54) is 0 Å². The third kappa shape index (κ3) is 3.53. The van der Waals surface area contributed by atoms with Crippen LogP contribution in [0.1, 0.15) is 29.7 Å². The van der Waals surface area contributed by atoms with Gasteiger partial charge in [0.25, 0.3) is 0 Å². The van der Waals surface area contributed by atoms with Gasteiger partial charge in [0.2, 0.25) is 0 Å². The Balaban J connectivity index is 2.21. The number of hydrogen-bond donors (Lipinski definition) is 1. The van der Waals surface area contributed by atoms with Gasteiger partial charge in [-0.3, -0.25) is 4.98 Å². The van der Waals surface area contributed by atoms with Crippen LogP contribution < -0.4 is 4.74 Å². The molecule has 2 aromatic carbocycles. The summed E-state index contributed by atoms with van der Waals surface area (Å²) in [5, 5.41) is 12.1. The summed E-state index contributed by atoms with van der Waals surface area (Å²) in [7, 11) is 1.63. The summed E-state index contributed by atoms with van der Waals surface area (Å²) in [6.45, 7) is 1.78. The topological polar surface area (TPSA) is 42.4 Å². The number of nitrogens with zero attached hydrogens (tertiary/aromatic N) is 1. The van der Waals surface area contributed by atoms with E-state index in [4.69, 9.17) is 16.3 Å². The van der Waals surface area contributed by atoms with Gasteiger partial charge >= 0.3 is 0 Å². The van der Waals surface area contributed by atoms with Gasteiger partial charge in [-0.1, -0.05) is 48.0 Å². The van der Waals surface area contributed by atoms with E-state index in [1.807, 2.05) is 54.6 Å². The summed E-state index contributed by atoms with van der Waals surface area (Å²) in [6.07, 6.45) is 1.73. The third-order valence-electron chi connectivity index (χ3n) is 4.40. The van der Waals surface area contributed by atoms with Gasteiger partial charge in [-0.2, -0.15) is 0 Å². The largest absolute Gasteiger partial charge is 0.496 e. The lowest BCUT2D eigenvalue weighted by Crippen LogP contribution is -2.32. The Morgan fingerprint density at radius 3 is 2.48 bits per heavy atom. The first-order valence-corrected chi connectivity index (χ1v) is 8.44. The minimum absolute atomic E-state index is 0.414. The number of rotatable bonds is 5. The molecule has 128 valence electrons. The second-order valence-electron chi connectivity index (χ2n) is 6.09. The zero-order chi connectivity index (χ0) is 17.9. The zero-order valence-corrected chi connectivity index (χ0v) is 14.9. The maximum atomic E-state index is 11.5. The highest BCUT2D eigenvalue weighted by Crippen LogP contribution is 2.44. The molecule has 0 spiro atoms. The van der Waals surface area contributed by atoms with Crippen LogP contribution in [0.25, 0.3) is 0 Å². The number of methoxy groups -OCH3 is 1. The lowest BCUT2D eigenvalue weighted by molar-refractivity contribution is 0.0373. The fourth-order valence-electron chi connectivity index (χ4n) is 3.17. The predicted molar refractivity (Wildman–Crippen MR) is 100 cm³/mol. The zero-order valence-electron chi connectivity index (χ0n) is 14.2. The fraction of sp³-hybridized carbons (Fsp3) is 0.190. The Morgan fingerprint density at radius 2 is 1.80 bits per heavy atom. The van der Waals surface area contributed by atoms with Crippen LogP contribution in [0.15, 0.2) is 72.9 Å². The molecule has 0 fully saturated rings. The average Bonchev–Trinajstić information content (AvgIpc) is 2.63. The van der Waals surface area contributed by atoms with E-state index in [-0.39, 0.29) is 0 Å². The van der Waals surface area contributed by atoms with Crippen molar-refractivity contribution in [3.63, 3.8) is 0 Å². The highest BCUT2D eigenvalue weighted by atomic mass is 35.5. The summed E-state index contributed by atoms with van der Waals surface area (Å²) in [4.78, 5) is 4.50. The molecule has 0 aliphatic carbocycles. The lowest BCUT2D eigenvalue weighted by Gasteiger charge is -2.34. The van der Waals surface area contributed by atoms with Gasteiger partial charge in [-0.15, -0.1) is 0 Å². The van der Waals surface area contributed by atoms with Crippen molar-refractivity contribution in [1.29, 1.82) is 0 Å². The molecule has 0 amide bonds. The number of hydrogen-bond acceptors (Lipinski definition) is 3. The van der Waals surface area contributed by atoms with E-state index in [1.54, 1.807) is 32.4 Å². The molecule has 0 saturated heterocycles. The van der Waals surface area contributed by atoms with Crippen LogP contribution in [-0.2, 0) is 5.60 Å². The second-order valence-corrected chi connectivity index (χ2v) is 6.52. The average molecular weight is 354 g/mol. The molecule has 4 heteroatoms. The minimum Gasteiger partial charge on any atom is -0.496 e. The Bertz CT molecular complexity index is 849. The van der Waals surface area contributed by atoms with Crippen LogP contribution in [-0.4, -0.2) is 17.2 Å². The van der Waals surface area contributed by atoms with Gasteiger partial charge in [0.15, 0.2) is 0 Å². The molecule has 0 aliphatic rings. The molecule has 0 saturated carbocycles. The summed E-state index contributed by atoms with van der Waals surface area (Å²) < 4.78 is 5.54. The van der Waals surface area contributed by atoms with E-state index >= 15 is 0 Å². The number of aliphatic hydroxyl groups is 1. The number of halogens is 1. The molecule has 3 aromatic rings. The van der Waals surface area contributed by atoms with Crippen molar-refractivity contribution in [2.75, 3.05) is 7.11 Å². The van der Waals surface area contributed by atoms with Crippen LogP contribution in [0.4, 0.5) is 0 Å². The monoisotopic (exact) mass is 353 g/mol. The smallest absolute Gasteiger partial charge is 0.122 e. The Hall–Kier alpha value is -2.36. The van der Waals surface area contributed by atoms with Gasteiger partial charge in [0, 0.05) is 16.8 Å². The molecule has 3 nitrogen and oxygen atoms in total. The van der Waals surface area contributed by atoms with Crippen LogP contribution in [0.2, 0.25) is 5.02 Å². The molecular weight excluding hydrogens is 334 g/mol. The quantitative estimate of drug-likeness (QED) is 0.717. The molecule has 0 radical (unpaired) electrons. The van der Waals surface area contributed by atoms with Crippen molar-refractivity contribution in [3.8, 4) is 5.75 Å². The fourth-order valence-corrected chi connectivity index (χ4v) is 3.36. The molecule has 0 bridgehead atoms. The van der Waals surface area contributed by atoms with Crippen molar-refractivity contribution in [3.05, 3.63) is 94.8 Å². The number of ether oxygens (including phenoxy) is 1. The molecule has 1 heterocycles. The molecule has 2 atom stereocenters. The Labute approximate surface area is 152 Å². The van der Waals surface area contributed by atoms with Crippen molar-refractivity contribution in [2.45, 2.75) is 18.4 Å². The summed E-state index contributed by atoms with van der Waals surface area (Å²) >= 11 is 6.15. The van der Waals surface area contributed by atoms with Crippen molar-refractivity contribution < 1.29 is 9.84 Å². The van der Waals surface area contributed by atoms with Crippen LogP contribution in [0, 0.1) is 0 Å². The molecular formula is C21H20ClNO2. The third-order valence-corrected chi connectivity index (χ3v) is 4.64. The summed E-state index contributed by atoms with van der Waals surface area (Å²) in [5.74, 6) is 0.295. The molecule has 0 unspecified atom stereocenters. The minimum atomic E-state index is -1.23. The van der Waals surface area contributed by atoms with Crippen LogP contribution >= 0.6 is 11.6 Å². The highest BCUT2D eigenvalue weighted by Gasteiger charge is 2.38.